The van der Waals surface area contributed by atoms with E-state index in [1.54, 1.807) is 23.3 Å². The van der Waals surface area contributed by atoms with Gasteiger partial charge in [0.15, 0.2) is 0 Å². The van der Waals surface area contributed by atoms with Crippen molar-refractivity contribution >= 4 is 27.0 Å². The second kappa shape index (κ2) is 12.4. The number of rotatable bonds is 0. The van der Waals surface area contributed by atoms with Crippen molar-refractivity contribution in [1.82, 2.24) is 0 Å². The van der Waals surface area contributed by atoms with Crippen LogP contribution in [0.2, 0.25) is 13.1 Å². The third kappa shape index (κ3) is 7.75. The van der Waals surface area contributed by atoms with Gasteiger partial charge < -0.3 is 19.8 Å². The molecular formula is C21H23ClSiZr-4. The number of hydrogen-bond acceptors (Lipinski definition) is 0. The van der Waals surface area contributed by atoms with Crippen LogP contribution in [-0.2, 0) is 23.3 Å². The number of fused-ring (bicyclic) bond motifs is 2. The van der Waals surface area contributed by atoms with E-state index in [4.69, 9.17) is 0 Å². The van der Waals surface area contributed by atoms with Crippen molar-refractivity contribution in [3.8, 4) is 0 Å². The standard InChI is InChI=1S/2C9H7.C2H6Si.CH3.ClH.Zr/c2*1-2-5-9-7-3-6-8(9)4-1;1-3-2;;;/h2*1-7H;1-2H3;1H3;1H;/q2*-1;;-1;;/p-1. The van der Waals surface area contributed by atoms with Crippen LogP contribution < -0.4 is 12.4 Å². The Balaban J connectivity index is 0.000000341. The molecule has 0 heterocycles. The van der Waals surface area contributed by atoms with Gasteiger partial charge >= 0.3 is 41.9 Å². The zero-order valence-corrected chi connectivity index (χ0v) is 18.7. The molecule has 0 amide bonds. The summed E-state index contributed by atoms with van der Waals surface area (Å²) in [5.74, 6) is 0. The predicted octanol–water partition coefficient (Wildman–Crippen LogP) is 3.36. The molecule has 126 valence electrons. The summed E-state index contributed by atoms with van der Waals surface area (Å²) in [6, 6.07) is 29.3. The quantitative estimate of drug-likeness (QED) is 0.297. The summed E-state index contributed by atoms with van der Waals surface area (Å²) in [6.45, 7) is 4.62. The van der Waals surface area contributed by atoms with Crippen LogP contribution in [0.1, 0.15) is 0 Å². The maximum Gasteiger partial charge on any atom is -0.0809 e. The van der Waals surface area contributed by atoms with Gasteiger partial charge in [0, 0.05) is 0 Å². The largest absolute Gasteiger partial charge is 1.00 e. The van der Waals surface area contributed by atoms with Gasteiger partial charge in [0.2, 0.25) is 0 Å². The molecule has 4 aromatic carbocycles. The van der Waals surface area contributed by atoms with Crippen molar-refractivity contribution in [3.05, 3.63) is 92.4 Å². The molecule has 4 aromatic rings. The van der Waals surface area contributed by atoms with Crippen LogP contribution in [-0.4, -0.2) is 5.43 Å². The Hall–Kier alpha value is -0.950. The van der Waals surface area contributed by atoms with Gasteiger partial charge in [-0.1, -0.05) is 12.1 Å². The van der Waals surface area contributed by atoms with Crippen molar-refractivity contribution in [3.63, 3.8) is 0 Å². The molecule has 0 nitrogen and oxygen atoms in total. The Bertz CT molecular complexity index is 714. The summed E-state index contributed by atoms with van der Waals surface area (Å²) >= 11 is 1.74. The van der Waals surface area contributed by atoms with Crippen LogP contribution in [0, 0.1) is 7.43 Å². The molecule has 4 rings (SSSR count). The second-order valence-corrected chi connectivity index (χ2v) is 14.7. The first-order chi connectivity index (χ1) is 10.7. The van der Waals surface area contributed by atoms with E-state index in [0.717, 1.165) is 0 Å². The molecule has 0 spiro atoms. The van der Waals surface area contributed by atoms with Gasteiger partial charge in [-0.25, -0.2) is 0 Å². The smallest absolute Gasteiger partial charge is 0.0809 e. The minimum atomic E-state index is 0. The van der Waals surface area contributed by atoms with E-state index in [0.29, 0.717) is 0 Å². The molecule has 0 atom stereocenters. The van der Waals surface area contributed by atoms with Gasteiger partial charge in [-0.2, -0.15) is 35.0 Å². The molecule has 0 aliphatic rings. The predicted molar refractivity (Wildman–Crippen MR) is 103 cm³/mol. The fourth-order valence-corrected chi connectivity index (χ4v) is 2.14. The van der Waals surface area contributed by atoms with E-state index < -0.39 is 0 Å². The molecule has 0 aromatic heterocycles. The molecule has 0 radical (unpaired) electrons. The zero-order valence-electron chi connectivity index (χ0n) is 14.5. The van der Waals surface area contributed by atoms with Crippen molar-refractivity contribution in [1.29, 1.82) is 0 Å². The SMILES string of the molecule is C[Si](C)=[Zr].[CH3-].[Cl-].c1ccc2[cH-]ccc2c1.c1ccc2[cH-]ccc2c1. The Morgan fingerprint density at radius 1 is 0.708 bits per heavy atom. The number of halogens is 1. The first-order valence-electron chi connectivity index (χ1n) is 7.39. The zero-order chi connectivity index (χ0) is 15.8. The molecule has 0 aliphatic heterocycles. The van der Waals surface area contributed by atoms with Crippen LogP contribution >= 0.6 is 0 Å². The van der Waals surface area contributed by atoms with Gasteiger partial charge in [-0.15, -0.1) is 59.3 Å². The molecular weight excluding hydrogens is 407 g/mol. The van der Waals surface area contributed by atoms with Crippen LogP contribution in [0.15, 0.2) is 84.9 Å². The molecule has 0 unspecified atom stereocenters. The Morgan fingerprint density at radius 3 is 1.38 bits per heavy atom. The molecule has 0 bridgehead atoms. The minimum absolute atomic E-state index is 0. The average Bonchev–Trinajstić information content (AvgIpc) is 3.16. The fourth-order valence-electron chi connectivity index (χ4n) is 2.14. The van der Waals surface area contributed by atoms with Gasteiger partial charge in [0.05, 0.1) is 0 Å². The van der Waals surface area contributed by atoms with Gasteiger partial charge in [0.25, 0.3) is 0 Å². The van der Waals surface area contributed by atoms with Crippen LogP contribution in [0.5, 0.6) is 0 Å². The summed E-state index contributed by atoms with van der Waals surface area (Å²) in [7, 11) is 0. The summed E-state index contributed by atoms with van der Waals surface area (Å²) in [5, 5.41) is 5.32. The normalized spacial score (nSPS) is 8.71. The second-order valence-electron chi connectivity index (χ2n) is 5.31. The van der Waals surface area contributed by atoms with Gasteiger partial charge in [-0.05, 0) is 0 Å². The van der Waals surface area contributed by atoms with Crippen molar-refractivity contribution in [2.45, 2.75) is 13.1 Å². The Labute approximate surface area is 167 Å². The van der Waals surface area contributed by atoms with Crippen LogP contribution in [0.4, 0.5) is 0 Å². The molecule has 0 saturated heterocycles. The molecule has 0 saturated carbocycles. The van der Waals surface area contributed by atoms with Crippen LogP contribution in [0.25, 0.3) is 21.5 Å². The Morgan fingerprint density at radius 2 is 1.04 bits per heavy atom. The van der Waals surface area contributed by atoms with E-state index in [2.05, 4.69) is 98.0 Å². The molecule has 0 fully saturated rings. The summed E-state index contributed by atoms with van der Waals surface area (Å²) in [5.41, 5.74) is 0.210. The van der Waals surface area contributed by atoms with Gasteiger partial charge in [-0.3, -0.25) is 0 Å². The van der Waals surface area contributed by atoms with E-state index >= 15 is 0 Å². The number of benzene rings is 2. The monoisotopic (exact) mass is 428 g/mol. The average molecular weight is 430 g/mol. The van der Waals surface area contributed by atoms with E-state index in [-0.39, 0.29) is 25.3 Å². The van der Waals surface area contributed by atoms with E-state index in [1.807, 2.05) is 0 Å². The maximum atomic E-state index is 2.31. The third-order valence-electron chi connectivity index (χ3n) is 3.10. The summed E-state index contributed by atoms with van der Waals surface area (Å²) in [6.07, 6.45) is 0. The maximum absolute atomic E-state index is 2.31. The topological polar surface area (TPSA) is 0 Å². The van der Waals surface area contributed by atoms with Crippen LogP contribution in [0.3, 0.4) is 0 Å². The molecule has 3 heteroatoms. The van der Waals surface area contributed by atoms with Crippen molar-refractivity contribution < 1.29 is 35.7 Å². The third-order valence-corrected chi connectivity index (χ3v) is 3.10. The number of hydrogen-bond donors (Lipinski definition) is 0. The molecule has 24 heavy (non-hydrogen) atoms. The molecule has 0 N–H and O–H groups in total. The van der Waals surface area contributed by atoms with E-state index in [9.17, 15) is 0 Å². The summed E-state index contributed by atoms with van der Waals surface area (Å²) in [4.78, 5) is 0. The van der Waals surface area contributed by atoms with Gasteiger partial charge in [0.1, 0.15) is 0 Å². The first-order valence-corrected chi connectivity index (χ1v) is 13.6. The fraction of sp³-hybridized carbons (Fsp3) is 0.0952. The first kappa shape index (κ1) is 23.1. The van der Waals surface area contributed by atoms with E-state index in [1.165, 1.54) is 21.5 Å². The summed E-state index contributed by atoms with van der Waals surface area (Å²) < 4.78 is 0. The molecule has 0 aliphatic carbocycles. The van der Waals surface area contributed by atoms with Crippen molar-refractivity contribution in [2.75, 3.05) is 0 Å². The van der Waals surface area contributed by atoms with Crippen molar-refractivity contribution in [2.24, 2.45) is 0 Å². The Kier molecular flexibility index (Phi) is 11.9. The minimum Gasteiger partial charge on any atom is -1.00 e.